The first-order valence-electron chi connectivity index (χ1n) is 3.58. The van der Waals surface area contributed by atoms with E-state index < -0.39 is 23.6 Å². The van der Waals surface area contributed by atoms with Crippen LogP contribution in [0.1, 0.15) is 20.8 Å². The summed E-state index contributed by atoms with van der Waals surface area (Å²) in [5.41, 5.74) is -2.09. The molecule has 0 spiro atoms. The molecule has 0 aliphatic heterocycles. The third-order valence-electron chi connectivity index (χ3n) is 1.46. The van der Waals surface area contributed by atoms with E-state index in [0.29, 0.717) is 0 Å². The topological polar surface area (TPSA) is 93.1 Å². The van der Waals surface area contributed by atoms with E-state index in [1.807, 2.05) is 0 Å². The Kier molecular flexibility index (Phi) is 3.83. The van der Waals surface area contributed by atoms with Crippen LogP contribution in [-0.2, 0) is 19.4 Å². The number of aliphatic hydroxyl groups excluding tert-OH is 1. The van der Waals surface area contributed by atoms with Crippen LogP contribution in [0, 0.1) is 0 Å². The van der Waals surface area contributed by atoms with Gasteiger partial charge in [-0.3, -0.25) is 0 Å². The van der Waals surface area contributed by atoms with Gasteiger partial charge in [0.1, 0.15) is 0 Å². The molecule has 0 fully saturated rings. The number of aliphatic hydroxyl groups is 2. The number of carbonyl (C=O) groups excluding carboxylic acids is 2. The first-order chi connectivity index (χ1) is 5.78. The maximum atomic E-state index is 10.9. The molecule has 2 unspecified atom stereocenters. The summed E-state index contributed by atoms with van der Waals surface area (Å²) in [5.74, 6) is -2.05. The Labute approximate surface area is 75.0 Å². The highest BCUT2D eigenvalue weighted by Gasteiger charge is 2.39. The fraction of sp³-hybridized carbons (Fsp3) is 0.714. The zero-order chi connectivity index (χ0) is 10.6. The molecule has 0 heterocycles. The Morgan fingerprint density at radius 2 is 1.85 bits per heavy atom. The van der Waals surface area contributed by atoms with E-state index in [9.17, 15) is 14.7 Å². The van der Waals surface area contributed by atoms with Crippen LogP contribution >= 0.6 is 0 Å². The van der Waals surface area contributed by atoms with Crippen LogP contribution in [0.3, 0.4) is 0 Å². The van der Waals surface area contributed by atoms with Crippen molar-refractivity contribution < 1.29 is 29.6 Å². The Morgan fingerprint density at radius 3 is 2.15 bits per heavy atom. The molecule has 0 radical (unpaired) electrons. The third-order valence-corrected chi connectivity index (χ3v) is 1.46. The minimum Gasteiger partial charge on any atom is -0.390 e. The van der Waals surface area contributed by atoms with Crippen LogP contribution < -0.4 is 0 Å². The molecule has 0 aromatic rings. The van der Waals surface area contributed by atoms with E-state index in [-0.39, 0.29) is 0 Å². The predicted octanol–water partition coefficient (Wildman–Crippen LogP) is -0.861. The normalized spacial score (nSPS) is 17.0. The molecule has 0 aliphatic rings. The van der Waals surface area contributed by atoms with Gasteiger partial charge in [0, 0.05) is 6.92 Å². The van der Waals surface area contributed by atoms with Gasteiger partial charge in [-0.2, -0.15) is 0 Å². The first-order valence-corrected chi connectivity index (χ1v) is 3.58. The van der Waals surface area contributed by atoms with Crippen LogP contribution in [0.25, 0.3) is 0 Å². The average Bonchev–Trinajstić information content (AvgIpc) is 1.99. The predicted molar refractivity (Wildman–Crippen MR) is 40.2 cm³/mol. The molecule has 2 N–H and O–H groups in total. The van der Waals surface area contributed by atoms with Crippen molar-refractivity contribution in [2.45, 2.75) is 32.5 Å². The molecule has 13 heavy (non-hydrogen) atoms. The molecule has 76 valence electrons. The lowest BCUT2D eigenvalue weighted by Crippen LogP contribution is -2.46. The fourth-order valence-corrected chi connectivity index (χ4v) is 0.351. The van der Waals surface area contributed by atoms with Crippen molar-refractivity contribution in [3.05, 3.63) is 0 Å². The number of hydrogen-bond acceptors (Lipinski definition) is 6. The highest BCUT2D eigenvalue weighted by molar-refractivity contribution is 5.79. The lowest BCUT2D eigenvalue weighted by molar-refractivity contribution is -0.272. The number of carbonyl (C=O) groups is 2. The Hall–Kier alpha value is -1.14. The molecule has 0 saturated heterocycles. The molecular formula is C7H12O6. The molecular weight excluding hydrogens is 180 g/mol. The maximum absolute atomic E-state index is 10.9. The molecule has 6 heteroatoms. The summed E-state index contributed by atoms with van der Waals surface area (Å²) in [6, 6.07) is 0. The molecule has 6 nitrogen and oxygen atoms in total. The molecule has 0 amide bonds. The van der Waals surface area contributed by atoms with E-state index in [1.165, 1.54) is 6.92 Å². The zero-order valence-corrected chi connectivity index (χ0v) is 7.60. The van der Waals surface area contributed by atoms with Crippen LogP contribution in [-0.4, -0.2) is 33.9 Å². The molecule has 0 bridgehead atoms. The van der Waals surface area contributed by atoms with Gasteiger partial charge in [0.25, 0.3) is 0 Å². The van der Waals surface area contributed by atoms with Crippen LogP contribution in [0.2, 0.25) is 0 Å². The SMILES string of the molecule is CC(=O)OOC(=O)C(C)(O)C(C)O. The first kappa shape index (κ1) is 11.9. The lowest BCUT2D eigenvalue weighted by atomic mass is 10.0. The van der Waals surface area contributed by atoms with E-state index >= 15 is 0 Å². The van der Waals surface area contributed by atoms with E-state index in [1.54, 1.807) is 0 Å². The fourth-order valence-electron chi connectivity index (χ4n) is 0.351. The lowest BCUT2D eigenvalue weighted by Gasteiger charge is -2.22. The van der Waals surface area contributed by atoms with Crippen molar-refractivity contribution in [1.29, 1.82) is 0 Å². The van der Waals surface area contributed by atoms with Gasteiger partial charge < -0.3 is 10.2 Å². The van der Waals surface area contributed by atoms with Gasteiger partial charge in [-0.15, -0.1) is 0 Å². The van der Waals surface area contributed by atoms with E-state index in [2.05, 4.69) is 9.78 Å². The van der Waals surface area contributed by atoms with Crippen LogP contribution in [0.15, 0.2) is 0 Å². The number of hydrogen-bond donors (Lipinski definition) is 2. The monoisotopic (exact) mass is 192 g/mol. The Bertz CT molecular complexity index is 207. The van der Waals surface area contributed by atoms with Gasteiger partial charge in [-0.1, -0.05) is 0 Å². The van der Waals surface area contributed by atoms with Crippen LogP contribution in [0.5, 0.6) is 0 Å². The minimum absolute atomic E-state index is 0.824. The largest absolute Gasteiger partial charge is 0.390 e. The molecule has 0 rings (SSSR count). The Balaban J connectivity index is 4.18. The minimum atomic E-state index is -2.09. The molecule has 0 aliphatic carbocycles. The van der Waals surface area contributed by atoms with Gasteiger partial charge in [0.15, 0.2) is 5.60 Å². The standard InChI is InChI=1S/C7H12O6/c1-4(8)7(3,11)6(10)13-12-5(2)9/h4,8,11H,1-3H3. The highest BCUT2D eigenvalue weighted by Crippen LogP contribution is 2.11. The zero-order valence-electron chi connectivity index (χ0n) is 7.60. The summed E-state index contributed by atoms with van der Waals surface area (Å²) in [6.45, 7) is 3.28. The van der Waals surface area contributed by atoms with Crippen molar-refractivity contribution in [3.63, 3.8) is 0 Å². The number of rotatable bonds is 2. The summed E-state index contributed by atoms with van der Waals surface area (Å²) < 4.78 is 0. The molecule has 2 atom stereocenters. The van der Waals surface area contributed by atoms with Crippen molar-refractivity contribution in [2.24, 2.45) is 0 Å². The molecule has 0 aromatic heterocycles. The van der Waals surface area contributed by atoms with Crippen molar-refractivity contribution in [3.8, 4) is 0 Å². The van der Waals surface area contributed by atoms with Crippen molar-refractivity contribution in [2.75, 3.05) is 0 Å². The average molecular weight is 192 g/mol. The molecule has 0 aromatic carbocycles. The second kappa shape index (κ2) is 4.20. The van der Waals surface area contributed by atoms with Crippen molar-refractivity contribution >= 4 is 11.9 Å². The van der Waals surface area contributed by atoms with Gasteiger partial charge >= 0.3 is 11.9 Å². The van der Waals surface area contributed by atoms with Crippen LogP contribution in [0.4, 0.5) is 0 Å². The second-order valence-corrected chi connectivity index (χ2v) is 2.77. The smallest absolute Gasteiger partial charge is 0.389 e. The summed E-state index contributed by atoms with van der Waals surface area (Å²) in [4.78, 5) is 28.9. The summed E-state index contributed by atoms with van der Waals surface area (Å²) in [7, 11) is 0. The summed E-state index contributed by atoms with van der Waals surface area (Å²) in [6.07, 6.45) is -1.32. The van der Waals surface area contributed by atoms with Gasteiger partial charge in [0.2, 0.25) is 0 Å². The van der Waals surface area contributed by atoms with Crippen molar-refractivity contribution in [1.82, 2.24) is 0 Å². The quantitative estimate of drug-likeness (QED) is 0.437. The van der Waals surface area contributed by atoms with E-state index in [0.717, 1.165) is 13.8 Å². The highest BCUT2D eigenvalue weighted by atomic mass is 17.2. The van der Waals surface area contributed by atoms with Gasteiger partial charge in [-0.25, -0.2) is 19.4 Å². The van der Waals surface area contributed by atoms with Gasteiger partial charge in [0.05, 0.1) is 6.10 Å². The Morgan fingerprint density at radius 1 is 1.38 bits per heavy atom. The summed E-state index contributed by atoms with van der Waals surface area (Å²) >= 11 is 0. The maximum Gasteiger partial charge on any atom is 0.389 e. The molecule has 0 saturated carbocycles. The third kappa shape index (κ3) is 3.39. The summed E-state index contributed by atoms with van der Waals surface area (Å²) in [5, 5.41) is 18.2. The van der Waals surface area contributed by atoms with Gasteiger partial charge in [-0.05, 0) is 13.8 Å². The second-order valence-electron chi connectivity index (χ2n) is 2.77. The van der Waals surface area contributed by atoms with E-state index in [4.69, 9.17) is 5.11 Å².